The Morgan fingerprint density at radius 2 is 1.90 bits per heavy atom. The predicted octanol–water partition coefficient (Wildman–Crippen LogP) is 1.91. The molecule has 1 fully saturated rings. The van der Waals surface area contributed by atoms with E-state index >= 15 is 0 Å². The van der Waals surface area contributed by atoms with Crippen molar-refractivity contribution in [3.05, 3.63) is 36.5 Å². The lowest BCUT2D eigenvalue weighted by molar-refractivity contribution is 0.520. The largest absolute Gasteiger partial charge is 0.356 e. The molecule has 2 aromatic heterocycles. The van der Waals surface area contributed by atoms with Gasteiger partial charge in [-0.05, 0) is 25.3 Å². The van der Waals surface area contributed by atoms with Gasteiger partial charge in [0.25, 0.3) is 0 Å². The second kappa shape index (κ2) is 6.47. The average Bonchev–Trinajstić information content (AvgIpc) is 2.56. The lowest BCUT2D eigenvalue weighted by Gasteiger charge is -2.33. The zero-order chi connectivity index (χ0) is 14.5. The van der Waals surface area contributed by atoms with Gasteiger partial charge in [0.05, 0.1) is 0 Å². The molecule has 0 amide bonds. The third-order valence-electron chi connectivity index (χ3n) is 3.79. The Hall–Kier alpha value is -2.24. The van der Waals surface area contributed by atoms with Gasteiger partial charge < -0.3 is 10.2 Å². The van der Waals surface area contributed by atoms with Crippen molar-refractivity contribution in [2.24, 2.45) is 0 Å². The minimum atomic E-state index is 0.427. The summed E-state index contributed by atoms with van der Waals surface area (Å²) in [5.41, 5.74) is 1.10. The number of rotatable bonds is 4. The summed E-state index contributed by atoms with van der Waals surface area (Å²) in [6.45, 7) is 4.09. The van der Waals surface area contributed by atoms with Gasteiger partial charge in [-0.1, -0.05) is 6.92 Å². The highest BCUT2D eigenvalue weighted by atomic mass is 15.2. The van der Waals surface area contributed by atoms with Crippen molar-refractivity contribution >= 4 is 11.8 Å². The van der Waals surface area contributed by atoms with Gasteiger partial charge in [0.2, 0.25) is 5.95 Å². The molecule has 1 aliphatic rings. The van der Waals surface area contributed by atoms with E-state index in [1.807, 2.05) is 6.07 Å². The van der Waals surface area contributed by atoms with E-state index in [9.17, 15) is 0 Å². The summed E-state index contributed by atoms with van der Waals surface area (Å²) < 4.78 is 0. The molecule has 0 bridgehead atoms. The Morgan fingerprint density at radius 1 is 1.14 bits per heavy atom. The highest BCUT2D eigenvalue weighted by Gasteiger charge is 2.20. The highest BCUT2D eigenvalue weighted by Crippen LogP contribution is 2.19. The molecule has 21 heavy (non-hydrogen) atoms. The van der Waals surface area contributed by atoms with Gasteiger partial charge in [0, 0.05) is 43.3 Å². The van der Waals surface area contributed by atoms with Crippen LogP contribution >= 0.6 is 0 Å². The Labute approximate surface area is 124 Å². The summed E-state index contributed by atoms with van der Waals surface area (Å²) in [6, 6.07) is 4.35. The molecule has 110 valence electrons. The van der Waals surface area contributed by atoms with Crippen molar-refractivity contribution in [1.29, 1.82) is 0 Å². The molecule has 0 spiro atoms. The number of piperidine rings is 1. The Balaban J connectivity index is 1.57. The van der Waals surface area contributed by atoms with E-state index < -0.39 is 0 Å². The number of nitrogens with one attached hydrogen (secondary N) is 1. The third kappa shape index (κ3) is 3.45. The number of aryl methyl sites for hydroxylation is 1. The van der Waals surface area contributed by atoms with Crippen LogP contribution in [0, 0.1) is 0 Å². The van der Waals surface area contributed by atoms with E-state index in [2.05, 4.69) is 43.1 Å². The van der Waals surface area contributed by atoms with Crippen LogP contribution < -0.4 is 10.2 Å². The van der Waals surface area contributed by atoms with E-state index in [-0.39, 0.29) is 0 Å². The second-order valence-electron chi connectivity index (χ2n) is 5.20. The van der Waals surface area contributed by atoms with E-state index in [0.717, 1.165) is 43.9 Å². The summed E-state index contributed by atoms with van der Waals surface area (Å²) >= 11 is 0. The summed E-state index contributed by atoms with van der Waals surface area (Å²) in [5, 5.41) is 3.39. The summed E-state index contributed by atoms with van der Waals surface area (Å²) in [4.78, 5) is 19.4. The minimum absolute atomic E-state index is 0.427. The van der Waals surface area contributed by atoms with Crippen LogP contribution in [0.4, 0.5) is 11.8 Å². The van der Waals surface area contributed by atoms with Gasteiger partial charge in [0.1, 0.15) is 12.1 Å². The fourth-order valence-corrected chi connectivity index (χ4v) is 2.56. The normalized spacial score (nSPS) is 16.0. The maximum absolute atomic E-state index is 4.39. The van der Waals surface area contributed by atoms with Crippen molar-refractivity contribution in [2.75, 3.05) is 23.3 Å². The Bertz CT molecular complexity index is 565. The van der Waals surface area contributed by atoms with Crippen molar-refractivity contribution in [2.45, 2.75) is 32.2 Å². The molecule has 3 heterocycles. The fourth-order valence-electron chi connectivity index (χ4n) is 2.56. The molecule has 0 saturated carbocycles. The monoisotopic (exact) mass is 284 g/mol. The number of nitrogens with zero attached hydrogens (tertiary/aromatic N) is 5. The predicted molar refractivity (Wildman–Crippen MR) is 82.3 cm³/mol. The molecule has 0 aliphatic carbocycles. The van der Waals surface area contributed by atoms with Crippen LogP contribution in [0.1, 0.15) is 25.5 Å². The second-order valence-corrected chi connectivity index (χ2v) is 5.20. The number of hydrogen-bond donors (Lipinski definition) is 1. The van der Waals surface area contributed by atoms with Crippen LogP contribution in [0.3, 0.4) is 0 Å². The number of anilines is 2. The third-order valence-corrected chi connectivity index (χ3v) is 3.79. The van der Waals surface area contributed by atoms with E-state index in [1.54, 1.807) is 18.7 Å². The molecule has 1 saturated heterocycles. The van der Waals surface area contributed by atoms with Crippen molar-refractivity contribution in [1.82, 2.24) is 19.9 Å². The highest BCUT2D eigenvalue weighted by molar-refractivity contribution is 5.40. The lowest BCUT2D eigenvalue weighted by atomic mass is 10.1. The van der Waals surface area contributed by atoms with Gasteiger partial charge in [-0.15, -0.1) is 0 Å². The maximum Gasteiger partial charge on any atom is 0.222 e. The maximum atomic E-state index is 4.39. The van der Waals surface area contributed by atoms with Gasteiger partial charge in [0.15, 0.2) is 0 Å². The van der Waals surface area contributed by atoms with E-state index in [0.29, 0.717) is 12.0 Å². The molecule has 0 unspecified atom stereocenters. The first-order chi connectivity index (χ1) is 10.3. The van der Waals surface area contributed by atoms with Crippen LogP contribution in [0.25, 0.3) is 0 Å². The smallest absolute Gasteiger partial charge is 0.222 e. The van der Waals surface area contributed by atoms with Crippen LogP contribution in [-0.4, -0.2) is 39.1 Å². The van der Waals surface area contributed by atoms with Gasteiger partial charge >= 0.3 is 0 Å². The molecule has 2 aromatic rings. The minimum Gasteiger partial charge on any atom is -0.356 e. The molecule has 3 rings (SSSR count). The first kappa shape index (κ1) is 13.7. The molecule has 1 N–H and O–H groups in total. The van der Waals surface area contributed by atoms with Gasteiger partial charge in [-0.3, -0.25) is 0 Å². The Morgan fingerprint density at radius 3 is 2.62 bits per heavy atom. The van der Waals surface area contributed by atoms with Crippen molar-refractivity contribution in [3.63, 3.8) is 0 Å². The number of hydrogen-bond acceptors (Lipinski definition) is 6. The molecule has 0 radical (unpaired) electrons. The number of aromatic nitrogens is 4. The molecule has 0 aromatic carbocycles. The molecule has 1 aliphatic heterocycles. The summed E-state index contributed by atoms with van der Waals surface area (Å²) in [6.07, 6.45) is 8.25. The topological polar surface area (TPSA) is 66.8 Å². The zero-order valence-electron chi connectivity index (χ0n) is 12.2. The Kier molecular flexibility index (Phi) is 4.23. The standard InChI is InChI=1S/C15H20N6/c1-2-12-10-14(19-11-18-12)21-8-4-13(5-9-21)20-15-16-6-3-7-17-15/h3,6-7,10-11,13H,2,4-5,8-9H2,1H3,(H,16,17,20). The molecule has 0 atom stereocenters. The van der Waals surface area contributed by atoms with Crippen LogP contribution in [0.15, 0.2) is 30.9 Å². The first-order valence-electron chi connectivity index (χ1n) is 7.44. The van der Waals surface area contributed by atoms with Gasteiger partial charge in [-0.2, -0.15) is 0 Å². The zero-order valence-corrected chi connectivity index (χ0v) is 12.2. The van der Waals surface area contributed by atoms with Crippen LogP contribution in [0.5, 0.6) is 0 Å². The fraction of sp³-hybridized carbons (Fsp3) is 0.467. The quantitative estimate of drug-likeness (QED) is 0.925. The van der Waals surface area contributed by atoms with Crippen LogP contribution in [0.2, 0.25) is 0 Å². The average molecular weight is 284 g/mol. The van der Waals surface area contributed by atoms with Crippen molar-refractivity contribution < 1.29 is 0 Å². The molecular weight excluding hydrogens is 264 g/mol. The lowest BCUT2D eigenvalue weighted by Crippen LogP contribution is -2.39. The SMILES string of the molecule is CCc1cc(N2CCC(Nc3ncccn3)CC2)ncn1. The molecule has 6 nitrogen and oxygen atoms in total. The van der Waals surface area contributed by atoms with E-state index in [4.69, 9.17) is 0 Å². The van der Waals surface area contributed by atoms with Gasteiger partial charge in [-0.25, -0.2) is 19.9 Å². The van der Waals surface area contributed by atoms with Crippen molar-refractivity contribution in [3.8, 4) is 0 Å². The summed E-state index contributed by atoms with van der Waals surface area (Å²) in [7, 11) is 0. The first-order valence-corrected chi connectivity index (χ1v) is 7.44. The molecular formula is C15H20N6. The van der Waals surface area contributed by atoms with E-state index in [1.165, 1.54) is 0 Å². The van der Waals surface area contributed by atoms with Crippen LogP contribution in [-0.2, 0) is 6.42 Å². The molecule has 6 heteroatoms. The summed E-state index contributed by atoms with van der Waals surface area (Å²) in [5.74, 6) is 1.75.